The number of hydrogen-bond donors (Lipinski definition) is 1. The lowest BCUT2D eigenvalue weighted by Crippen LogP contribution is -2.04. The number of halogens is 3. The zero-order valence-electron chi connectivity index (χ0n) is 12.3. The predicted molar refractivity (Wildman–Crippen MR) is 83.5 cm³/mol. The Kier molecular flexibility index (Phi) is 3.97. The average molecular weight is 331 g/mol. The van der Waals surface area contributed by atoms with Gasteiger partial charge in [0.05, 0.1) is 17.7 Å². The molecule has 0 saturated carbocycles. The fourth-order valence-corrected chi connectivity index (χ4v) is 2.66. The van der Waals surface area contributed by atoms with Crippen LogP contribution in [0.4, 0.5) is 13.2 Å². The van der Waals surface area contributed by atoms with Crippen molar-refractivity contribution in [3.8, 4) is 11.3 Å². The number of hydrogen-bond acceptors (Lipinski definition) is 2. The van der Waals surface area contributed by atoms with Crippen molar-refractivity contribution in [2.24, 2.45) is 0 Å². The van der Waals surface area contributed by atoms with Crippen molar-refractivity contribution in [1.82, 2.24) is 4.98 Å². The van der Waals surface area contributed by atoms with Crippen LogP contribution in [0.5, 0.6) is 0 Å². The predicted octanol–water partition coefficient (Wildman–Crippen LogP) is 4.55. The Morgan fingerprint density at radius 3 is 2.50 bits per heavy atom. The van der Waals surface area contributed by atoms with Crippen molar-refractivity contribution in [1.29, 1.82) is 0 Å². The number of carboxylic acids is 1. The number of aliphatic carboxylic acids is 1. The molecule has 0 aliphatic carbocycles. The van der Waals surface area contributed by atoms with E-state index in [0.29, 0.717) is 27.6 Å². The van der Waals surface area contributed by atoms with Crippen LogP contribution in [0.3, 0.4) is 0 Å². The fourth-order valence-electron chi connectivity index (χ4n) is 2.66. The Bertz CT molecular complexity index is 920. The van der Waals surface area contributed by atoms with Crippen LogP contribution in [0.2, 0.25) is 0 Å². The van der Waals surface area contributed by atoms with Gasteiger partial charge in [-0.25, -0.2) is 0 Å². The molecule has 0 spiro atoms. The Morgan fingerprint density at radius 2 is 1.79 bits per heavy atom. The molecule has 0 radical (unpaired) electrons. The molecule has 0 amide bonds. The van der Waals surface area contributed by atoms with Crippen LogP contribution in [0.25, 0.3) is 22.0 Å². The average Bonchev–Trinajstić information content (AvgIpc) is 2.53. The fraction of sp³-hybridized carbons (Fsp3) is 0.111. The summed E-state index contributed by atoms with van der Waals surface area (Å²) in [5, 5.41) is 10.3. The lowest BCUT2D eigenvalue weighted by Gasteiger charge is -2.11. The second-order valence-corrected chi connectivity index (χ2v) is 5.32. The highest BCUT2D eigenvalue weighted by molar-refractivity contribution is 5.97. The van der Waals surface area contributed by atoms with E-state index in [9.17, 15) is 18.0 Å². The standard InChI is InChI=1S/C18H12F3NO2/c19-18(20,21)13-5-1-4-12(9-13)17-15-6-2-3-11(10-16(23)24)14(15)7-8-22-17/h1-9H,10H2,(H,23,24). The Morgan fingerprint density at radius 1 is 1.04 bits per heavy atom. The summed E-state index contributed by atoms with van der Waals surface area (Å²) in [7, 11) is 0. The van der Waals surface area contributed by atoms with Crippen LogP contribution in [0.1, 0.15) is 11.1 Å². The van der Waals surface area contributed by atoms with E-state index in [1.54, 1.807) is 30.3 Å². The molecular formula is C18H12F3NO2. The van der Waals surface area contributed by atoms with Crippen LogP contribution in [0.15, 0.2) is 54.7 Å². The summed E-state index contributed by atoms with van der Waals surface area (Å²) in [6.07, 6.45) is -3.12. The summed E-state index contributed by atoms with van der Waals surface area (Å²) in [6.45, 7) is 0. The lowest BCUT2D eigenvalue weighted by atomic mass is 9.98. The highest BCUT2D eigenvalue weighted by Gasteiger charge is 2.30. The summed E-state index contributed by atoms with van der Waals surface area (Å²) in [6, 6.07) is 11.7. The summed E-state index contributed by atoms with van der Waals surface area (Å²) < 4.78 is 38.8. The number of pyridine rings is 1. The summed E-state index contributed by atoms with van der Waals surface area (Å²) in [4.78, 5) is 15.2. The number of rotatable bonds is 3. The van der Waals surface area contributed by atoms with Gasteiger partial charge in [0.1, 0.15) is 0 Å². The molecule has 0 saturated heterocycles. The van der Waals surface area contributed by atoms with Crippen LogP contribution in [0, 0.1) is 0 Å². The number of carbonyl (C=O) groups is 1. The monoisotopic (exact) mass is 331 g/mol. The molecule has 3 rings (SSSR count). The molecule has 0 atom stereocenters. The molecule has 2 aromatic carbocycles. The van der Waals surface area contributed by atoms with Gasteiger partial charge in [0.25, 0.3) is 0 Å². The van der Waals surface area contributed by atoms with Gasteiger partial charge in [-0.1, -0.05) is 30.3 Å². The van der Waals surface area contributed by atoms with E-state index in [0.717, 1.165) is 12.1 Å². The second kappa shape index (κ2) is 5.96. The van der Waals surface area contributed by atoms with E-state index in [1.807, 2.05) is 0 Å². The number of fused-ring (bicyclic) bond motifs is 1. The molecule has 0 bridgehead atoms. The molecule has 3 nitrogen and oxygen atoms in total. The van der Waals surface area contributed by atoms with Gasteiger partial charge < -0.3 is 5.11 Å². The SMILES string of the molecule is O=C(O)Cc1cccc2c(-c3cccc(C(F)(F)F)c3)nccc12. The van der Waals surface area contributed by atoms with Gasteiger partial charge in [0.15, 0.2) is 0 Å². The summed E-state index contributed by atoms with van der Waals surface area (Å²) >= 11 is 0. The molecule has 0 aliphatic heterocycles. The van der Waals surface area contributed by atoms with E-state index in [2.05, 4.69) is 4.98 Å². The van der Waals surface area contributed by atoms with Crippen LogP contribution >= 0.6 is 0 Å². The van der Waals surface area contributed by atoms with E-state index < -0.39 is 17.7 Å². The highest BCUT2D eigenvalue weighted by Crippen LogP contribution is 2.34. The van der Waals surface area contributed by atoms with Crippen molar-refractivity contribution >= 4 is 16.7 Å². The first-order chi connectivity index (χ1) is 11.4. The first-order valence-corrected chi connectivity index (χ1v) is 7.12. The number of aromatic nitrogens is 1. The Balaban J connectivity index is 2.19. The van der Waals surface area contributed by atoms with Gasteiger partial charge in [0.2, 0.25) is 0 Å². The lowest BCUT2D eigenvalue weighted by molar-refractivity contribution is -0.138. The maximum absolute atomic E-state index is 12.9. The van der Waals surface area contributed by atoms with E-state index >= 15 is 0 Å². The number of carboxylic acid groups (broad SMARTS) is 1. The molecule has 3 aromatic rings. The minimum Gasteiger partial charge on any atom is -0.481 e. The maximum atomic E-state index is 12.9. The van der Waals surface area contributed by atoms with Crippen LogP contribution in [-0.4, -0.2) is 16.1 Å². The molecule has 0 fully saturated rings. The minimum absolute atomic E-state index is 0.163. The molecule has 6 heteroatoms. The smallest absolute Gasteiger partial charge is 0.416 e. The van der Waals surface area contributed by atoms with Gasteiger partial charge >= 0.3 is 12.1 Å². The third-order valence-electron chi connectivity index (χ3n) is 3.70. The minimum atomic E-state index is -4.44. The van der Waals surface area contributed by atoms with Crippen molar-refractivity contribution in [3.63, 3.8) is 0 Å². The van der Waals surface area contributed by atoms with Gasteiger partial charge in [-0.15, -0.1) is 0 Å². The van der Waals surface area contributed by atoms with Crippen molar-refractivity contribution in [3.05, 3.63) is 65.9 Å². The maximum Gasteiger partial charge on any atom is 0.416 e. The molecule has 1 N–H and O–H groups in total. The highest BCUT2D eigenvalue weighted by atomic mass is 19.4. The third-order valence-corrected chi connectivity index (χ3v) is 3.70. The van der Waals surface area contributed by atoms with Gasteiger partial charge in [-0.05, 0) is 29.1 Å². The van der Waals surface area contributed by atoms with Crippen molar-refractivity contribution in [2.45, 2.75) is 12.6 Å². The summed E-state index contributed by atoms with van der Waals surface area (Å²) in [5.74, 6) is -0.972. The molecule has 24 heavy (non-hydrogen) atoms. The molecule has 1 aromatic heterocycles. The van der Waals surface area contributed by atoms with Crippen molar-refractivity contribution in [2.75, 3.05) is 0 Å². The normalized spacial score (nSPS) is 11.6. The van der Waals surface area contributed by atoms with Gasteiger partial charge in [-0.3, -0.25) is 9.78 Å². The first kappa shape index (κ1) is 16.0. The van der Waals surface area contributed by atoms with E-state index in [-0.39, 0.29) is 6.42 Å². The second-order valence-electron chi connectivity index (χ2n) is 5.32. The molecule has 122 valence electrons. The number of alkyl halides is 3. The molecule has 0 aliphatic rings. The zero-order valence-corrected chi connectivity index (χ0v) is 12.3. The third kappa shape index (κ3) is 3.08. The topological polar surface area (TPSA) is 50.2 Å². The van der Waals surface area contributed by atoms with Crippen LogP contribution < -0.4 is 0 Å². The molecule has 0 unspecified atom stereocenters. The van der Waals surface area contributed by atoms with Crippen molar-refractivity contribution < 1.29 is 23.1 Å². The first-order valence-electron chi connectivity index (χ1n) is 7.12. The molecular weight excluding hydrogens is 319 g/mol. The Hall–Kier alpha value is -2.89. The Labute approximate surface area is 135 Å². The quantitative estimate of drug-likeness (QED) is 0.766. The van der Waals surface area contributed by atoms with Crippen LogP contribution in [-0.2, 0) is 17.4 Å². The number of benzene rings is 2. The van der Waals surface area contributed by atoms with Gasteiger partial charge in [-0.2, -0.15) is 13.2 Å². The van der Waals surface area contributed by atoms with Gasteiger partial charge in [0, 0.05) is 17.1 Å². The van der Waals surface area contributed by atoms with E-state index in [4.69, 9.17) is 5.11 Å². The molecule has 1 heterocycles. The largest absolute Gasteiger partial charge is 0.481 e. The summed E-state index contributed by atoms with van der Waals surface area (Å²) in [5.41, 5.74) is 0.574. The van der Waals surface area contributed by atoms with E-state index in [1.165, 1.54) is 12.3 Å². The number of nitrogens with zero attached hydrogens (tertiary/aromatic N) is 1. The zero-order chi connectivity index (χ0) is 17.3.